The first kappa shape index (κ1) is 9.65. The molecule has 0 aliphatic carbocycles. The summed E-state index contributed by atoms with van der Waals surface area (Å²) in [6.45, 7) is 5.86. The summed E-state index contributed by atoms with van der Waals surface area (Å²) in [6, 6.07) is 0. The first-order chi connectivity index (χ1) is 6.27. The van der Waals surface area contributed by atoms with Crippen molar-refractivity contribution >= 4 is 12.2 Å². The third-order valence-electron chi connectivity index (χ3n) is 1.64. The fraction of sp³-hybridized carbons (Fsp3) is 0.273. The van der Waals surface area contributed by atoms with Crippen LogP contribution in [0.4, 0.5) is 0 Å². The molecule has 0 radical (unpaired) electrons. The van der Waals surface area contributed by atoms with Gasteiger partial charge in [0.1, 0.15) is 5.82 Å². The molecule has 1 rings (SSSR count). The van der Waals surface area contributed by atoms with E-state index in [1.165, 1.54) is 0 Å². The van der Waals surface area contributed by atoms with Gasteiger partial charge in [0.05, 0.1) is 5.69 Å². The summed E-state index contributed by atoms with van der Waals surface area (Å²) in [6.07, 6.45) is 9.81. The van der Waals surface area contributed by atoms with E-state index in [1.54, 1.807) is 0 Å². The lowest BCUT2D eigenvalue weighted by Gasteiger charge is -2.00. The topological polar surface area (TPSA) is 25.8 Å². The number of aromatic nitrogens is 2. The minimum Gasteiger partial charge on any atom is -0.241 e. The van der Waals surface area contributed by atoms with Crippen molar-refractivity contribution in [2.75, 3.05) is 0 Å². The lowest BCUT2D eigenvalue weighted by atomic mass is 10.2. The molecular weight excluding hydrogens is 160 g/mol. The average Bonchev–Trinajstić information content (AvgIpc) is 2.10. The maximum absolute atomic E-state index is 4.33. The Kier molecular flexibility index (Phi) is 3.38. The van der Waals surface area contributed by atoms with Crippen LogP contribution in [0.3, 0.4) is 0 Å². The standard InChI is InChI=1S/C11H14N2/c1-4-6-10-8-12-9(3)13-11(10)7-5-2/h4-8H,1-3H3/b6-4+,7-5-. The van der Waals surface area contributed by atoms with Gasteiger partial charge < -0.3 is 0 Å². The van der Waals surface area contributed by atoms with E-state index in [2.05, 4.69) is 9.97 Å². The number of hydrogen-bond donors (Lipinski definition) is 0. The average molecular weight is 174 g/mol. The maximum atomic E-state index is 4.33. The van der Waals surface area contributed by atoms with Crippen molar-refractivity contribution in [3.8, 4) is 0 Å². The molecular formula is C11H14N2. The second-order valence-electron chi connectivity index (χ2n) is 2.76. The molecule has 2 heteroatoms. The third-order valence-corrected chi connectivity index (χ3v) is 1.64. The molecule has 0 bridgehead atoms. The number of rotatable bonds is 2. The molecule has 1 aromatic rings. The van der Waals surface area contributed by atoms with Crippen LogP contribution in [0.1, 0.15) is 30.9 Å². The maximum Gasteiger partial charge on any atom is 0.125 e. The summed E-state index contributed by atoms with van der Waals surface area (Å²) in [5.74, 6) is 0.807. The van der Waals surface area contributed by atoms with Crippen LogP contribution in [0.15, 0.2) is 18.3 Å². The molecule has 0 saturated carbocycles. The summed E-state index contributed by atoms with van der Waals surface area (Å²) < 4.78 is 0. The zero-order valence-corrected chi connectivity index (χ0v) is 8.28. The van der Waals surface area contributed by atoms with E-state index in [-0.39, 0.29) is 0 Å². The number of aryl methyl sites for hydroxylation is 1. The van der Waals surface area contributed by atoms with Crippen molar-refractivity contribution in [2.24, 2.45) is 0 Å². The SMILES string of the molecule is C/C=C\c1nc(C)ncc1/C=C/C. The third kappa shape index (κ3) is 2.51. The van der Waals surface area contributed by atoms with E-state index in [0.29, 0.717) is 0 Å². The minimum atomic E-state index is 0.807. The smallest absolute Gasteiger partial charge is 0.125 e. The fourth-order valence-electron chi connectivity index (χ4n) is 1.10. The van der Waals surface area contributed by atoms with E-state index in [4.69, 9.17) is 0 Å². The van der Waals surface area contributed by atoms with Gasteiger partial charge in [-0.2, -0.15) is 0 Å². The van der Waals surface area contributed by atoms with Crippen LogP contribution in [-0.2, 0) is 0 Å². The molecule has 1 aromatic heterocycles. The summed E-state index contributed by atoms with van der Waals surface area (Å²) in [5, 5.41) is 0. The molecule has 0 aromatic carbocycles. The largest absolute Gasteiger partial charge is 0.241 e. The molecule has 0 aliphatic heterocycles. The molecule has 68 valence electrons. The quantitative estimate of drug-likeness (QED) is 0.689. The van der Waals surface area contributed by atoms with Crippen molar-refractivity contribution in [3.63, 3.8) is 0 Å². The Morgan fingerprint density at radius 2 is 1.85 bits per heavy atom. The summed E-state index contributed by atoms with van der Waals surface area (Å²) in [7, 11) is 0. The highest BCUT2D eigenvalue weighted by Gasteiger charge is 1.97. The monoisotopic (exact) mass is 174 g/mol. The van der Waals surface area contributed by atoms with Crippen LogP contribution < -0.4 is 0 Å². The molecule has 0 unspecified atom stereocenters. The van der Waals surface area contributed by atoms with E-state index >= 15 is 0 Å². The molecule has 0 amide bonds. The highest BCUT2D eigenvalue weighted by molar-refractivity contribution is 5.61. The van der Waals surface area contributed by atoms with Crippen molar-refractivity contribution in [1.29, 1.82) is 0 Å². The summed E-state index contributed by atoms with van der Waals surface area (Å²) in [4.78, 5) is 8.48. The van der Waals surface area contributed by atoms with E-state index in [9.17, 15) is 0 Å². The second kappa shape index (κ2) is 4.55. The molecule has 13 heavy (non-hydrogen) atoms. The zero-order chi connectivity index (χ0) is 9.68. The predicted octanol–water partition coefficient (Wildman–Crippen LogP) is 2.85. The highest BCUT2D eigenvalue weighted by Crippen LogP contribution is 2.09. The van der Waals surface area contributed by atoms with Crippen LogP contribution >= 0.6 is 0 Å². The van der Waals surface area contributed by atoms with E-state index in [1.807, 2.05) is 51.3 Å². The molecule has 0 fully saturated rings. The summed E-state index contributed by atoms with van der Waals surface area (Å²) >= 11 is 0. The van der Waals surface area contributed by atoms with Crippen molar-refractivity contribution < 1.29 is 0 Å². The van der Waals surface area contributed by atoms with Crippen molar-refractivity contribution in [1.82, 2.24) is 9.97 Å². The Hall–Kier alpha value is -1.44. The van der Waals surface area contributed by atoms with E-state index < -0.39 is 0 Å². The van der Waals surface area contributed by atoms with Gasteiger partial charge in [0.15, 0.2) is 0 Å². The van der Waals surface area contributed by atoms with Crippen LogP contribution in [0.25, 0.3) is 12.2 Å². The molecule has 0 spiro atoms. The molecule has 0 aliphatic rings. The van der Waals surface area contributed by atoms with Crippen molar-refractivity contribution in [3.05, 3.63) is 35.4 Å². The Labute approximate surface area is 79.0 Å². The Morgan fingerprint density at radius 1 is 1.15 bits per heavy atom. The first-order valence-corrected chi connectivity index (χ1v) is 4.37. The van der Waals surface area contributed by atoms with Crippen LogP contribution in [-0.4, -0.2) is 9.97 Å². The van der Waals surface area contributed by atoms with Gasteiger partial charge in [-0.05, 0) is 26.8 Å². The normalized spacial score (nSPS) is 11.6. The van der Waals surface area contributed by atoms with Gasteiger partial charge in [0, 0.05) is 11.8 Å². The minimum absolute atomic E-state index is 0.807. The second-order valence-corrected chi connectivity index (χ2v) is 2.76. The van der Waals surface area contributed by atoms with Crippen LogP contribution in [0.5, 0.6) is 0 Å². The number of allylic oxidation sites excluding steroid dienone is 2. The van der Waals surface area contributed by atoms with Gasteiger partial charge in [-0.1, -0.05) is 18.2 Å². The highest BCUT2D eigenvalue weighted by atomic mass is 14.9. The van der Waals surface area contributed by atoms with Crippen molar-refractivity contribution in [2.45, 2.75) is 20.8 Å². The van der Waals surface area contributed by atoms with Gasteiger partial charge in [0.2, 0.25) is 0 Å². The number of hydrogen-bond acceptors (Lipinski definition) is 2. The van der Waals surface area contributed by atoms with Crippen LogP contribution in [0.2, 0.25) is 0 Å². The fourth-order valence-corrected chi connectivity index (χ4v) is 1.10. The van der Waals surface area contributed by atoms with Gasteiger partial charge >= 0.3 is 0 Å². The van der Waals surface area contributed by atoms with Gasteiger partial charge in [-0.3, -0.25) is 0 Å². The van der Waals surface area contributed by atoms with Crippen LogP contribution in [0, 0.1) is 6.92 Å². The van der Waals surface area contributed by atoms with E-state index in [0.717, 1.165) is 17.1 Å². The first-order valence-electron chi connectivity index (χ1n) is 4.37. The lowest BCUT2D eigenvalue weighted by molar-refractivity contribution is 1.04. The lowest BCUT2D eigenvalue weighted by Crippen LogP contribution is -1.93. The Morgan fingerprint density at radius 3 is 2.46 bits per heavy atom. The zero-order valence-electron chi connectivity index (χ0n) is 8.28. The van der Waals surface area contributed by atoms with Gasteiger partial charge in [-0.15, -0.1) is 0 Å². The number of nitrogens with zero attached hydrogens (tertiary/aromatic N) is 2. The molecule has 2 nitrogen and oxygen atoms in total. The molecule has 0 saturated heterocycles. The molecule has 1 heterocycles. The Balaban J connectivity index is 3.18. The van der Waals surface area contributed by atoms with Gasteiger partial charge in [-0.25, -0.2) is 9.97 Å². The molecule has 0 atom stereocenters. The Bertz CT molecular complexity index is 338. The summed E-state index contributed by atoms with van der Waals surface area (Å²) in [5.41, 5.74) is 2.04. The van der Waals surface area contributed by atoms with Gasteiger partial charge in [0.25, 0.3) is 0 Å². The predicted molar refractivity (Wildman–Crippen MR) is 56.2 cm³/mol. The molecule has 0 N–H and O–H groups in total.